The topological polar surface area (TPSA) is 53.5 Å². The van der Waals surface area contributed by atoms with Gasteiger partial charge in [-0.3, -0.25) is 4.90 Å². The predicted octanol–water partition coefficient (Wildman–Crippen LogP) is 3.52. The molecule has 3 aromatic rings. The lowest BCUT2D eigenvalue weighted by molar-refractivity contribution is 0.181. The zero-order valence-electron chi connectivity index (χ0n) is 14.4. The van der Waals surface area contributed by atoms with E-state index in [1.165, 1.54) is 28.6 Å². The number of rotatable bonds is 5. The highest BCUT2D eigenvalue weighted by atomic mass is 32.2. The van der Waals surface area contributed by atoms with Crippen molar-refractivity contribution in [2.24, 2.45) is 0 Å². The molecule has 0 bridgehead atoms. The molecule has 4 rings (SSSR count). The average molecular weight is 424 g/mol. The monoisotopic (exact) mass is 423 g/mol. The highest BCUT2D eigenvalue weighted by molar-refractivity contribution is 7.89. The van der Waals surface area contributed by atoms with Crippen LogP contribution in [-0.2, 0) is 16.6 Å². The van der Waals surface area contributed by atoms with E-state index in [4.69, 9.17) is 4.98 Å². The molecule has 142 valence electrons. The van der Waals surface area contributed by atoms with Gasteiger partial charge in [0.15, 0.2) is 0 Å². The summed E-state index contributed by atoms with van der Waals surface area (Å²) >= 11 is 3.30. The third kappa shape index (κ3) is 4.12. The van der Waals surface area contributed by atoms with Crippen LogP contribution >= 0.6 is 22.7 Å². The van der Waals surface area contributed by atoms with E-state index in [1.807, 2.05) is 11.4 Å². The number of halogens is 1. The molecule has 1 aliphatic rings. The summed E-state index contributed by atoms with van der Waals surface area (Å²) in [4.78, 5) is 8.20. The number of hydrogen-bond donors (Lipinski definition) is 0. The van der Waals surface area contributed by atoms with E-state index in [2.05, 4.69) is 16.3 Å². The number of thiophene rings is 1. The van der Waals surface area contributed by atoms with Gasteiger partial charge in [-0.2, -0.15) is 4.31 Å². The van der Waals surface area contributed by atoms with Crippen LogP contribution in [0.5, 0.6) is 0 Å². The van der Waals surface area contributed by atoms with Crippen molar-refractivity contribution in [2.45, 2.75) is 11.4 Å². The lowest BCUT2D eigenvalue weighted by Gasteiger charge is -2.33. The molecule has 0 amide bonds. The first-order valence-corrected chi connectivity index (χ1v) is 11.7. The number of sulfonamides is 1. The number of nitrogens with zero attached hydrogens (tertiary/aromatic N) is 3. The Morgan fingerprint density at radius 2 is 1.78 bits per heavy atom. The van der Waals surface area contributed by atoms with E-state index in [0.717, 1.165) is 22.1 Å². The second-order valence-corrected chi connectivity index (χ2v) is 10.1. The summed E-state index contributed by atoms with van der Waals surface area (Å²) in [6, 6.07) is 9.06. The van der Waals surface area contributed by atoms with Crippen LogP contribution in [0.3, 0.4) is 0 Å². The van der Waals surface area contributed by atoms with Gasteiger partial charge in [0.05, 0.1) is 22.0 Å². The molecule has 0 radical (unpaired) electrons. The minimum absolute atomic E-state index is 0.137. The van der Waals surface area contributed by atoms with Gasteiger partial charge in [-0.05, 0) is 35.7 Å². The maximum absolute atomic E-state index is 13.0. The SMILES string of the molecule is O=S(=O)(c1ccc(F)cc1)N1CCN(Cc2nc(-c3cccs3)cs2)CC1. The van der Waals surface area contributed by atoms with Gasteiger partial charge in [0.1, 0.15) is 10.8 Å². The summed E-state index contributed by atoms with van der Waals surface area (Å²) in [5.41, 5.74) is 1.00. The number of hydrogen-bond acceptors (Lipinski definition) is 6. The van der Waals surface area contributed by atoms with Crippen LogP contribution in [0.1, 0.15) is 5.01 Å². The third-order valence-corrected chi connectivity index (χ3v) is 8.11. The van der Waals surface area contributed by atoms with Crippen LogP contribution in [0.15, 0.2) is 52.1 Å². The number of piperazine rings is 1. The maximum atomic E-state index is 13.0. The van der Waals surface area contributed by atoms with Crippen molar-refractivity contribution in [1.82, 2.24) is 14.2 Å². The third-order valence-electron chi connectivity index (χ3n) is 4.47. The van der Waals surface area contributed by atoms with Crippen LogP contribution < -0.4 is 0 Å². The Bertz CT molecular complexity index is 993. The first kappa shape index (κ1) is 18.7. The molecule has 3 heterocycles. The fourth-order valence-corrected chi connectivity index (χ4v) is 6.01. The smallest absolute Gasteiger partial charge is 0.243 e. The Morgan fingerprint density at radius 1 is 1.04 bits per heavy atom. The first-order chi connectivity index (χ1) is 13.0. The molecule has 0 unspecified atom stereocenters. The van der Waals surface area contributed by atoms with Crippen molar-refractivity contribution in [3.05, 3.63) is 58.0 Å². The molecule has 1 saturated heterocycles. The molecule has 0 saturated carbocycles. The van der Waals surface area contributed by atoms with E-state index >= 15 is 0 Å². The molecule has 2 aromatic heterocycles. The zero-order valence-corrected chi connectivity index (χ0v) is 16.9. The molecule has 0 aliphatic carbocycles. The van der Waals surface area contributed by atoms with Gasteiger partial charge in [-0.15, -0.1) is 22.7 Å². The minimum atomic E-state index is -3.57. The van der Waals surface area contributed by atoms with Gasteiger partial charge in [0.2, 0.25) is 10.0 Å². The Balaban J connectivity index is 1.37. The van der Waals surface area contributed by atoms with Gasteiger partial charge in [-0.1, -0.05) is 6.07 Å². The van der Waals surface area contributed by atoms with Crippen LogP contribution in [0.25, 0.3) is 10.6 Å². The van der Waals surface area contributed by atoms with E-state index < -0.39 is 15.8 Å². The Morgan fingerprint density at radius 3 is 2.44 bits per heavy atom. The normalized spacial score (nSPS) is 16.6. The molecule has 5 nitrogen and oxygen atoms in total. The summed E-state index contributed by atoms with van der Waals surface area (Å²) in [6.07, 6.45) is 0. The van der Waals surface area contributed by atoms with Gasteiger partial charge < -0.3 is 0 Å². The van der Waals surface area contributed by atoms with Crippen molar-refractivity contribution in [3.63, 3.8) is 0 Å². The highest BCUT2D eigenvalue weighted by Crippen LogP contribution is 2.27. The van der Waals surface area contributed by atoms with Gasteiger partial charge >= 0.3 is 0 Å². The summed E-state index contributed by atoms with van der Waals surface area (Å²) < 4.78 is 39.9. The highest BCUT2D eigenvalue weighted by Gasteiger charge is 2.28. The van der Waals surface area contributed by atoms with E-state index in [9.17, 15) is 12.8 Å². The molecule has 1 aliphatic heterocycles. The Labute approximate surface area is 165 Å². The molecule has 27 heavy (non-hydrogen) atoms. The predicted molar refractivity (Wildman–Crippen MR) is 106 cm³/mol. The maximum Gasteiger partial charge on any atom is 0.243 e. The van der Waals surface area contributed by atoms with Crippen molar-refractivity contribution < 1.29 is 12.8 Å². The van der Waals surface area contributed by atoms with Crippen molar-refractivity contribution >= 4 is 32.7 Å². The van der Waals surface area contributed by atoms with Crippen LogP contribution in [0.2, 0.25) is 0 Å². The van der Waals surface area contributed by atoms with E-state index in [1.54, 1.807) is 22.7 Å². The van der Waals surface area contributed by atoms with Gasteiger partial charge in [-0.25, -0.2) is 17.8 Å². The molecule has 1 aromatic carbocycles. The number of thiazole rings is 1. The van der Waals surface area contributed by atoms with Gasteiger partial charge in [0.25, 0.3) is 0 Å². The summed E-state index contributed by atoms with van der Waals surface area (Å²) in [5.74, 6) is -0.441. The number of aromatic nitrogens is 1. The van der Waals surface area contributed by atoms with E-state index in [-0.39, 0.29) is 4.90 Å². The zero-order chi connectivity index (χ0) is 18.9. The largest absolute Gasteiger partial charge is 0.294 e. The molecular weight excluding hydrogens is 405 g/mol. The van der Waals surface area contributed by atoms with E-state index in [0.29, 0.717) is 26.2 Å². The first-order valence-electron chi connectivity index (χ1n) is 8.49. The Kier molecular flexibility index (Phi) is 5.38. The number of benzene rings is 1. The quantitative estimate of drug-likeness (QED) is 0.630. The lowest BCUT2D eigenvalue weighted by Crippen LogP contribution is -2.48. The van der Waals surface area contributed by atoms with Crippen molar-refractivity contribution in [1.29, 1.82) is 0 Å². The summed E-state index contributed by atoms with van der Waals surface area (Å²) in [7, 11) is -3.57. The fraction of sp³-hybridized carbons (Fsp3) is 0.278. The molecule has 1 fully saturated rings. The van der Waals surface area contributed by atoms with Crippen LogP contribution in [0.4, 0.5) is 4.39 Å². The second kappa shape index (κ2) is 7.76. The standard InChI is InChI=1S/C18H18FN3O2S3/c19-14-3-5-15(6-4-14)27(23,24)22-9-7-21(8-10-22)12-18-20-16(13-26-18)17-2-1-11-25-17/h1-6,11,13H,7-10,12H2. The second-order valence-electron chi connectivity index (χ2n) is 6.24. The molecular formula is C18H18FN3O2S3. The van der Waals surface area contributed by atoms with Crippen LogP contribution in [0, 0.1) is 5.82 Å². The minimum Gasteiger partial charge on any atom is -0.294 e. The molecule has 9 heteroatoms. The lowest BCUT2D eigenvalue weighted by atomic mass is 10.3. The molecule has 0 atom stereocenters. The fourth-order valence-electron chi connectivity index (χ4n) is 3.00. The van der Waals surface area contributed by atoms with Crippen molar-refractivity contribution in [3.8, 4) is 10.6 Å². The molecule has 0 N–H and O–H groups in total. The van der Waals surface area contributed by atoms with Crippen molar-refractivity contribution in [2.75, 3.05) is 26.2 Å². The average Bonchev–Trinajstić information content (AvgIpc) is 3.34. The van der Waals surface area contributed by atoms with Gasteiger partial charge in [0, 0.05) is 31.6 Å². The summed E-state index contributed by atoms with van der Waals surface area (Å²) in [6.45, 7) is 2.86. The Hall–Kier alpha value is -1.65. The molecule has 0 spiro atoms. The van der Waals surface area contributed by atoms with Crippen LogP contribution in [-0.4, -0.2) is 48.8 Å². The summed E-state index contributed by atoms with van der Waals surface area (Å²) in [5, 5.41) is 5.14.